The molecule has 1 aliphatic rings. The molecular formula is C17H34N2O3. The van der Waals surface area contributed by atoms with Crippen LogP contribution in [0.2, 0.25) is 0 Å². The molecule has 1 N–H and O–H groups in total. The first-order valence-electron chi connectivity index (χ1n) is 8.47. The van der Waals surface area contributed by atoms with Crippen molar-refractivity contribution in [2.75, 3.05) is 26.2 Å². The lowest BCUT2D eigenvalue weighted by atomic mass is 10.1. The monoisotopic (exact) mass is 314 g/mol. The molecule has 1 rings (SSSR count). The van der Waals surface area contributed by atoms with Gasteiger partial charge in [-0.25, -0.2) is 4.79 Å². The lowest BCUT2D eigenvalue weighted by molar-refractivity contribution is -0.0308. The molecule has 0 saturated carbocycles. The van der Waals surface area contributed by atoms with Crippen LogP contribution in [0.3, 0.4) is 0 Å². The molecule has 130 valence electrons. The summed E-state index contributed by atoms with van der Waals surface area (Å²) in [5, 5.41) is 2.97. The molecule has 0 aliphatic carbocycles. The van der Waals surface area contributed by atoms with Crippen molar-refractivity contribution in [2.24, 2.45) is 0 Å². The standard InChI is InChI=1S/C17H34N2O3/c1-7-17(5,6)21-13-12-19-10-8-14(9-11-19)18-15(20)22-16(2,3)4/h14H,7-13H2,1-6H3,(H,18,20). The van der Waals surface area contributed by atoms with E-state index in [1.54, 1.807) is 0 Å². The van der Waals surface area contributed by atoms with Gasteiger partial charge in [0.15, 0.2) is 0 Å². The lowest BCUT2D eigenvalue weighted by Crippen LogP contribution is -2.46. The van der Waals surface area contributed by atoms with Crippen LogP contribution in [0.15, 0.2) is 0 Å². The van der Waals surface area contributed by atoms with Crippen molar-refractivity contribution in [2.45, 2.75) is 78.0 Å². The Labute approximate surface area is 135 Å². The Morgan fingerprint density at radius 1 is 1.18 bits per heavy atom. The van der Waals surface area contributed by atoms with Crippen LogP contribution in [-0.2, 0) is 9.47 Å². The predicted molar refractivity (Wildman–Crippen MR) is 89.2 cm³/mol. The van der Waals surface area contributed by atoms with Gasteiger partial charge in [-0.15, -0.1) is 0 Å². The number of alkyl carbamates (subject to hydrolysis) is 1. The molecule has 0 spiro atoms. The summed E-state index contributed by atoms with van der Waals surface area (Å²) in [6.07, 6.45) is 2.65. The number of nitrogens with zero attached hydrogens (tertiary/aromatic N) is 1. The first-order valence-corrected chi connectivity index (χ1v) is 8.47. The summed E-state index contributed by atoms with van der Waals surface area (Å²) in [7, 11) is 0. The van der Waals surface area contributed by atoms with Gasteiger partial charge < -0.3 is 19.7 Å². The quantitative estimate of drug-likeness (QED) is 0.818. The Kier molecular flexibility index (Phi) is 7.13. The topological polar surface area (TPSA) is 50.8 Å². The largest absolute Gasteiger partial charge is 0.444 e. The van der Waals surface area contributed by atoms with Crippen molar-refractivity contribution in [3.8, 4) is 0 Å². The zero-order valence-electron chi connectivity index (χ0n) is 15.2. The summed E-state index contributed by atoms with van der Waals surface area (Å²) in [5.74, 6) is 0. The van der Waals surface area contributed by atoms with Crippen LogP contribution in [0.25, 0.3) is 0 Å². The van der Waals surface area contributed by atoms with E-state index in [1.807, 2.05) is 20.8 Å². The molecule has 22 heavy (non-hydrogen) atoms. The maximum atomic E-state index is 11.8. The number of amides is 1. The van der Waals surface area contributed by atoms with Crippen molar-refractivity contribution in [3.05, 3.63) is 0 Å². The third-order valence-electron chi connectivity index (χ3n) is 4.06. The smallest absolute Gasteiger partial charge is 0.407 e. The van der Waals surface area contributed by atoms with Gasteiger partial charge in [0.25, 0.3) is 0 Å². The third-order valence-corrected chi connectivity index (χ3v) is 4.06. The fourth-order valence-electron chi connectivity index (χ4n) is 2.33. The lowest BCUT2D eigenvalue weighted by Gasteiger charge is -2.33. The van der Waals surface area contributed by atoms with Crippen molar-refractivity contribution in [3.63, 3.8) is 0 Å². The molecule has 1 fully saturated rings. The highest BCUT2D eigenvalue weighted by Gasteiger charge is 2.24. The van der Waals surface area contributed by atoms with E-state index < -0.39 is 5.60 Å². The minimum atomic E-state index is -0.436. The molecular weight excluding hydrogens is 280 g/mol. The normalized spacial score (nSPS) is 18.3. The predicted octanol–water partition coefficient (Wildman–Crippen LogP) is 3.18. The van der Waals surface area contributed by atoms with Crippen LogP contribution in [-0.4, -0.2) is 54.5 Å². The van der Waals surface area contributed by atoms with E-state index in [2.05, 4.69) is 31.0 Å². The first kappa shape index (κ1) is 19.2. The highest BCUT2D eigenvalue weighted by molar-refractivity contribution is 5.68. The van der Waals surface area contributed by atoms with Crippen molar-refractivity contribution >= 4 is 6.09 Å². The molecule has 1 heterocycles. The summed E-state index contributed by atoms with van der Waals surface area (Å²) in [6, 6.07) is 0.221. The minimum Gasteiger partial charge on any atom is -0.444 e. The number of ether oxygens (including phenoxy) is 2. The van der Waals surface area contributed by atoms with Crippen molar-refractivity contribution < 1.29 is 14.3 Å². The van der Waals surface area contributed by atoms with Crippen molar-refractivity contribution in [1.29, 1.82) is 0 Å². The number of nitrogens with one attached hydrogen (secondary N) is 1. The van der Waals surface area contributed by atoms with Gasteiger partial charge in [0.1, 0.15) is 5.60 Å². The van der Waals surface area contributed by atoms with E-state index in [0.717, 1.165) is 45.5 Å². The van der Waals surface area contributed by atoms with E-state index in [1.165, 1.54) is 0 Å². The SMILES string of the molecule is CCC(C)(C)OCCN1CCC(NC(=O)OC(C)(C)C)CC1. The molecule has 0 unspecified atom stereocenters. The molecule has 5 heteroatoms. The van der Waals surface area contributed by atoms with E-state index in [4.69, 9.17) is 9.47 Å². The number of rotatable bonds is 6. The van der Waals surface area contributed by atoms with Gasteiger partial charge in [-0.2, -0.15) is 0 Å². The first-order chi connectivity index (χ1) is 10.1. The Morgan fingerprint density at radius 2 is 1.77 bits per heavy atom. The number of hydrogen-bond acceptors (Lipinski definition) is 4. The summed E-state index contributed by atoms with van der Waals surface area (Å²) in [4.78, 5) is 14.2. The summed E-state index contributed by atoms with van der Waals surface area (Å²) >= 11 is 0. The highest BCUT2D eigenvalue weighted by Crippen LogP contribution is 2.15. The average molecular weight is 314 g/mol. The molecule has 1 amide bonds. The van der Waals surface area contributed by atoms with Gasteiger partial charge >= 0.3 is 6.09 Å². The number of carbonyl (C=O) groups is 1. The van der Waals surface area contributed by atoms with Crippen LogP contribution in [0.4, 0.5) is 4.79 Å². The second-order valence-electron chi connectivity index (χ2n) is 7.72. The minimum absolute atomic E-state index is 0.0312. The fraction of sp³-hybridized carbons (Fsp3) is 0.941. The second kappa shape index (κ2) is 8.16. The number of piperidine rings is 1. The van der Waals surface area contributed by atoms with Crippen molar-refractivity contribution in [1.82, 2.24) is 10.2 Å². The van der Waals surface area contributed by atoms with Gasteiger partial charge in [0, 0.05) is 25.7 Å². The summed E-state index contributed by atoms with van der Waals surface area (Å²) in [5.41, 5.74) is -0.467. The summed E-state index contributed by atoms with van der Waals surface area (Å²) < 4.78 is 11.2. The number of carbonyl (C=O) groups excluding carboxylic acids is 1. The van der Waals surface area contributed by atoms with Gasteiger partial charge in [-0.1, -0.05) is 6.92 Å². The van der Waals surface area contributed by atoms with Gasteiger partial charge in [0.05, 0.1) is 12.2 Å². The molecule has 0 atom stereocenters. The molecule has 5 nitrogen and oxygen atoms in total. The van der Waals surface area contributed by atoms with Gasteiger partial charge in [-0.3, -0.25) is 0 Å². The average Bonchev–Trinajstić information content (AvgIpc) is 2.38. The Balaban J connectivity index is 2.19. The number of hydrogen-bond donors (Lipinski definition) is 1. The molecule has 1 aliphatic heterocycles. The molecule has 0 aromatic carbocycles. The zero-order chi connectivity index (χ0) is 16.8. The maximum absolute atomic E-state index is 11.8. The van der Waals surface area contributed by atoms with E-state index in [9.17, 15) is 4.79 Å². The van der Waals surface area contributed by atoms with E-state index >= 15 is 0 Å². The Morgan fingerprint density at radius 3 is 2.27 bits per heavy atom. The molecule has 0 bridgehead atoms. The van der Waals surface area contributed by atoms with Crippen LogP contribution in [0.5, 0.6) is 0 Å². The highest BCUT2D eigenvalue weighted by atomic mass is 16.6. The molecule has 0 radical (unpaired) electrons. The van der Waals surface area contributed by atoms with Crippen LogP contribution >= 0.6 is 0 Å². The fourth-order valence-corrected chi connectivity index (χ4v) is 2.33. The van der Waals surface area contributed by atoms with Crippen LogP contribution < -0.4 is 5.32 Å². The zero-order valence-corrected chi connectivity index (χ0v) is 15.2. The third kappa shape index (κ3) is 7.99. The molecule has 1 saturated heterocycles. The van der Waals surface area contributed by atoms with E-state index in [-0.39, 0.29) is 17.7 Å². The Bertz CT molecular complexity index is 342. The Hall–Kier alpha value is -0.810. The van der Waals surface area contributed by atoms with Gasteiger partial charge in [0.2, 0.25) is 0 Å². The van der Waals surface area contributed by atoms with E-state index in [0.29, 0.717) is 0 Å². The van der Waals surface area contributed by atoms with Gasteiger partial charge in [-0.05, 0) is 53.9 Å². The molecule has 0 aromatic heterocycles. The maximum Gasteiger partial charge on any atom is 0.407 e. The second-order valence-corrected chi connectivity index (χ2v) is 7.72. The molecule has 0 aromatic rings. The summed E-state index contributed by atoms with van der Waals surface area (Å²) in [6.45, 7) is 15.8. The number of likely N-dealkylation sites (tertiary alicyclic amines) is 1. The van der Waals surface area contributed by atoms with Crippen LogP contribution in [0.1, 0.15) is 60.8 Å². The van der Waals surface area contributed by atoms with Crippen LogP contribution in [0, 0.1) is 0 Å².